The number of imidazole rings is 1. The van der Waals surface area contributed by atoms with E-state index in [-0.39, 0.29) is 23.7 Å². The number of halogens is 1. The highest BCUT2D eigenvalue weighted by atomic mass is 35.5. The second kappa shape index (κ2) is 8.44. The van der Waals surface area contributed by atoms with E-state index >= 15 is 0 Å². The van der Waals surface area contributed by atoms with Gasteiger partial charge in [-0.3, -0.25) is 14.2 Å². The maximum Gasteiger partial charge on any atom is 0.323 e. The molecule has 0 bridgehead atoms. The summed E-state index contributed by atoms with van der Waals surface area (Å²) in [7, 11) is 0. The molecule has 158 valence electrons. The molecule has 0 saturated carbocycles. The zero-order valence-corrected chi connectivity index (χ0v) is 18.0. The van der Waals surface area contributed by atoms with Gasteiger partial charge in [0.25, 0.3) is 5.56 Å². The molecule has 3 N–H and O–H groups in total. The number of rotatable bonds is 6. The third-order valence-corrected chi connectivity index (χ3v) is 5.95. The van der Waals surface area contributed by atoms with E-state index < -0.39 is 5.25 Å². The molecule has 10 heteroatoms. The maximum absolute atomic E-state index is 12.9. The maximum atomic E-state index is 12.9. The molecule has 8 nitrogen and oxygen atoms in total. The first-order chi connectivity index (χ1) is 14.9. The summed E-state index contributed by atoms with van der Waals surface area (Å²) < 4.78 is 1.48. The van der Waals surface area contributed by atoms with Crippen molar-refractivity contribution in [1.82, 2.24) is 19.5 Å². The second-order valence-corrected chi connectivity index (χ2v) is 8.59. The van der Waals surface area contributed by atoms with E-state index in [9.17, 15) is 14.4 Å². The molecule has 0 saturated heterocycles. The highest BCUT2D eigenvalue weighted by Crippen LogP contribution is 2.25. The number of carbonyl (C=O) groups is 1. The third-order valence-electron chi connectivity index (χ3n) is 4.63. The van der Waals surface area contributed by atoms with Crippen molar-refractivity contribution < 1.29 is 4.79 Å². The smallest absolute Gasteiger partial charge is 0.323 e. The zero-order chi connectivity index (χ0) is 22.1. The summed E-state index contributed by atoms with van der Waals surface area (Å²) in [6, 6.07) is 9.98. The van der Waals surface area contributed by atoms with Crippen molar-refractivity contribution in [3.05, 3.63) is 74.9 Å². The van der Waals surface area contributed by atoms with Gasteiger partial charge in [-0.15, -0.1) is 6.58 Å². The van der Waals surface area contributed by atoms with Gasteiger partial charge in [-0.1, -0.05) is 29.4 Å². The number of H-pyrrole nitrogens is 2. The van der Waals surface area contributed by atoms with Crippen molar-refractivity contribution in [2.45, 2.75) is 23.9 Å². The first-order valence-corrected chi connectivity index (χ1v) is 10.6. The van der Waals surface area contributed by atoms with Crippen molar-refractivity contribution in [1.29, 1.82) is 0 Å². The normalized spacial score (nSPS) is 12.2. The van der Waals surface area contributed by atoms with Crippen LogP contribution in [0.1, 0.15) is 6.92 Å². The molecule has 0 aliphatic carbocycles. The molecule has 4 rings (SSSR count). The Morgan fingerprint density at radius 1 is 1.26 bits per heavy atom. The topological polar surface area (TPSA) is 113 Å². The number of hydrogen-bond acceptors (Lipinski definition) is 5. The fourth-order valence-corrected chi connectivity index (χ4v) is 4.20. The minimum atomic E-state index is -0.555. The van der Waals surface area contributed by atoms with Crippen molar-refractivity contribution in [2.75, 3.05) is 5.32 Å². The number of benzene rings is 2. The average molecular weight is 456 g/mol. The fraction of sp³-hybridized carbons (Fsp3) is 0.143. The molecule has 0 aliphatic rings. The molecule has 0 radical (unpaired) electrons. The summed E-state index contributed by atoms with van der Waals surface area (Å²) in [4.78, 5) is 46.9. The Bertz CT molecular complexity index is 1440. The van der Waals surface area contributed by atoms with Crippen LogP contribution >= 0.6 is 23.4 Å². The SMILES string of the molecule is C=CCn1c(SC(C)C(=O)Nc2ccc3[nH]c(=O)[nH]c3c2)nc2cc(Cl)ccc2c1=O. The number of carbonyl (C=O) groups excluding carboxylic acids is 1. The lowest BCUT2D eigenvalue weighted by Gasteiger charge is -2.15. The third kappa shape index (κ3) is 4.28. The van der Waals surface area contributed by atoms with Crippen LogP contribution in [0.25, 0.3) is 21.9 Å². The van der Waals surface area contributed by atoms with Crippen LogP contribution in [0.5, 0.6) is 0 Å². The number of thioether (sulfide) groups is 1. The monoisotopic (exact) mass is 455 g/mol. The summed E-state index contributed by atoms with van der Waals surface area (Å²) in [6.45, 7) is 5.69. The minimum absolute atomic E-state index is 0.224. The molecule has 2 aromatic heterocycles. The van der Waals surface area contributed by atoms with Crippen LogP contribution in [-0.4, -0.2) is 30.7 Å². The number of nitrogens with one attached hydrogen (secondary N) is 3. The molecule has 2 heterocycles. The number of aromatic nitrogens is 4. The lowest BCUT2D eigenvalue weighted by atomic mass is 10.2. The molecule has 2 aromatic carbocycles. The van der Waals surface area contributed by atoms with E-state index in [1.54, 1.807) is 49.4 Å². The first kappa shape index (κ1) is 21.0. The van der Waals surface area contributed by atoms with Gasteiger partial charge in [-0.25, -0.2) is 9.78 Å². The summed E-state index contributed by atoms with van der Waals surface area (Å²) in [5, 5.41) is 3.58. The molecular formula is C21H18ClN5O3S. The van der Waals surface area contributed by atoms with Crippen molar-refractivity contribution >= 4 is 56.9 Å². The van der Waals surface area contributed by atoms with Crippen LogP contribution in [-0.2, 0) is 11.3 Å². The summed E-state index contributed by atoms with van der Waals surface area (Å²) >= 11 is 7.22. The summed E-state index contributed by atoms with van der Waals surface area (Å²) in [5.41, 5.74) is 1.72. The number of hydrogen-bond donors (Lipinski definition) is 3. The summed E-state index contributed by atoms with van der Waals surface area (Å²) in [5.74, 6) is -0.271. The Morgan fingerprint density at radius 2 is 2.03 bits per heavy atom. The zero-order valence-electron chi connectivity index (χ0n) is 16.4. The lowest BCUT2D eigenvalue weighted by Crippen LogP contribution is -2.26. The molecule has 0 spiro atoms. The number of allylic oxidation sites excluding steroid dienone is 1. The van der Waals surface area contributed by atoms with E-state index in [1.165, 1.54) is 16.3 Å². The van der Waals surface area contributed by atoms with Crippen LogP contribution in [0.15, 0.2) is 63.8 Å². The number of amides is 1. The predicted molar refractivity (Wildman–Crippen MR) is 124 cm³/mol. The highest BCUT2D eigenvalue weighted by molar-refractivity contribution is 8.00. The Morgan fingerprint density at radius 3 is 2.81 bits per heavy atom. The van der Waals surface area contributed by atoms with Crippen molar-refractivity contribution in [3.63, 3.8) is 0 Å². The molecule has 0 aliphatic heterocycles. The van der Waals surface area contributed by atoms with Crippen molar-refractivity contribution in [2.24, 2.45) is 0 Å². The van der Waals surface area contributed by atoms with Crippen LogP contribution in [0.4, 0.5) is 5.69 Å². The van der Waals surface area contributed by atoms with Gasteiger partial charge in [0.1, 0.15) is 0 Å². The van der Waals surface area contributed by atoms with Crippen molar-refractivity contribution in [3.8, 4) is 0 Å². The standard InChI is InChI=1S/C21H18ClN5O3S/c1-3-8-27-19(29)14-6-4-12(22)9-16(14)26-21(27)31-11(2)18(28)23-13-5-7-15-17(10-13)25-20(30)24-15/h3-7,9-11H,1,8H2,2H3,(H,23,28)(H2,24,25,30). The van der Waals surface area contributed by atoms with Gasteiger partial charge in [0.15, 0.2) is 5.16 Å². The van der Waals surface area contributed by atoms with Gasteiger partial charge >= 0.3 is 5.69 Å². The van der Waals surface area contributed by atoms with Gasteiger partial charge in [0, 0.05) is 17.3 Å². The number of anilines is 1. The molecule has 1 atom stereocenters. The van der Waals surface area contributed by atoms with E-state index in [1.807, 2.05) is 0 Å². The van der Waals surface area contributed by atoms with Crippen LogP contribution in [0, 0.1) is 0 Å². The summed E-state index contributed by atoms with van der Waals surface area (Å²) in [6.07, 6.45) is 1.60. The van der Waals surface area contributed by atoms with E-state index in [4.69, 9.17) is 11.6 Å². The molecule has 0 fully saturated rings. The van der Waals surface area contributed by atoms with Gasteiger partial charge in [-0.2, -0.15) is 0 Å². The Balaban J connectivity index is 1.61. The van der Waals surface area contributed by atoms with E-state index in [0.29, 0.717) is 37.8 Å². The van der Waals surface area contributed by atoms with Crippen LogP contribution in [0.3, 0.4) is 0 Å². The molecular weight excluding hydrogens is 438 g/mol. The Kier molecular flexibility index (Phi) is 5.71. The molecule has 1 amide bonds. The lowest BCUT2D eigenvalue weighted by molar-refractivity contribution is -0.115. The van der Waals surface area contributed by atoms with Gasteiger partial charge in [0.05, 0.1) is 27.2 Å². The van der Waals surface area contributed by atoms with Gasteiger partial charge < -0.3 is 15.3 Å². The Labute approximate surface area is 185 Å². The second-order valence-electron chi connectivity index (χ2n) is 6.85. The number of aromatic amines is 2. The Hall–Kier alpha value is -3.30. The minimum Gasteiger partial charge on any atom is -0.325 e. The van der Waals surface area contributed by atoms with Crippen LogP contribution < -0.4 is 16.6 Å². The van der Waals surface area contributed by atoms with Crippen LogP contribution in [0.2, 0.25) is 5.02 Å². The average Bonchev–Trinajstić information content (AvgIpc) is 3.09. The molecule has 1 unspecified atom stereocenters. The van der Waals surface area contributed by atoms with E-state index in [0.717, 1.165) is 0 Å². The molecule has 31 heavy (non-hydrogen) atoms. The quantitative estimate of drug-likeness (QED) is 0.234. The largest absolute Gasteiger partial charge is 0.325 e. The van der Waals surface area contributed by atoms with Gasteiger partial charge in [0.2, 0.25) is 5.91 Å². The van der Waals surface area contributed by atoms with Gasteiger partial charge in [-0.05, 0) is 43.3 Å². The number of nitrogens with zero attached hydrogens (tertiary/aromatic N) is 2. The van der Waals surface area contributed by atoms with E-state index in [2.05, 4.69) is 26.8 Å². The predicted octanol–water partition coefficient (Wildman–Crippen LogP) is 3.52. The number of fused-ring (bicyclic) bond motifs is 2. The highest BCUT2D eigenvalue weighted by Gasteiger charge is 2.19. The molecule has 4 aromatic rings. The first-order valence-electron chi connectivity index (χ1n) is 9.36. The fourth-order valence-electron chi connectivity index (χ4n) is 3.12.